The lowest BCUT2D eigenvalue weighted by atomic mass is 10.1. The number of nitrogens with zero attached hydrogens (tertiary/aromatic N) is 2. The van der Waals surface area contributed by atoms with Crippen molar-refractivity contribution < 1.29 is 9.84 Å². The second-order valence-electron chi connectivity index (χ2n) is 4.80. The van der Waals surface area contributed by atoms with Crippen molar-refractivity contribution in [1.29, 1.82) is 0 Å². The normalized spacial score (nSPS) is 21.4. The van der Waals surface area contributed by atoms with E-state index in [2.05, 4.69) is 34.3 Å². The van der Waals surface area contributed by atoms with Crippen molar-refractivity contribution in [1.82, 2.24) is 10.3 Å². The monoisotopic (exact) mass is 265 g/mol. The minimum atomic E-state index is 0.0349. The summed E-state index contributed by atoms with van der Waals surface area (Å²) in [6.07, 6.45) is 2.91. The smallest absolute Gasteiger partial charge is 0.0756 e. The molecule has 5 nitrogen and oxygen atoms in total. The zero-order valence-electron chi connectivity index (χ0n) is 11.7. The highest BCUT2D eigenvalue weighted by Crippen LogP contribution is 2.21. The number of hydrogen-bond donors (Lipinski definition) is 2. The molecule has 1 saturated heterocycles. The Hall–Kier alpha value is -1.17. The Bertz CT molecular complexity index is 379. The quantitative estimate of drug-likeness (QED) is 0.830. The van der Waals surface area contributed by atoms with Crippen molar-refractivity contribution in [2.75, 3.05) is 38.3 Å². The van der Waals surface area contributed by atoms with E-state index < -0.39 is 0 Å². The molecule has 19 heavy (non-hydrogen) atoms. The van der Waals surface area contributed by atoms with Gasteiger partial charge in [-0.3, -0.25) is 4.98 Å². The van der Waals surface area contributed by atoms with E-state index >= 15 is 0 Å². The van der Waals surface area contributed by atoms with Gasteiger partial charge in [0.15, 0.2) is 0 Å². The maximum Gasteiger partial charge on any atom is 0.0756 e. The Morgan fingerprint density at radius 1 is 1.58 bits per heavy atom. The van der Waals surface area contributed by atoms with E-state index in [-0.39, 0.29) is 12.6 Å². The number of aromatic nitrogens is 1. The molecule has 2 rings (SSSR count). The molecular formula is C14H23N3O2. The minimum absolute atomic E-state index is 0.0349. The summed E-state index contributed by atoms with van der Waals surface area (Å²) in [4.78, 5) is 6.71. The van der Waals surface area contributed by atoms with Crippen LogP contribution < -0.4 is 10.2 Å². The summed E-state index contributed by atoms with van der Waals surface area (Å²) in [7, 11) is 1.95. The molecule has 5 heteroatoms. The summed E-state index contributed by atoms with van der Waals surface area (Å²) < 4.78 is 5.39. The van der Waals surface area contributed by atoms with Gasteiger partial charge in [0.05, 0.1) is 43.4 Å². The molecule has 0 aliphatic carbocycles. The zero-order chi connectivity index (χ0) is 13.7. The van der Waals surface area contributed by atoms with E-state index in [1.807, 2.05) is 13.2 Å². The Balaban J connectivity index is 2.12. The number of anilines is 1. The molecule has 1 aromatic rings. The molecule has 0 aromatic carbocycles. The highest BCUT2D eigenvalue weighted by molar-refractivity contribution is 5.46. The van der Waals surface area contributed by atoms with Gasteiger partial charge in [0.25, 0.3) is 0 Å². The molecule has 1 aliphatic rings. The predicted molar refractivity (Wildman–Crippen MR) is 75.4 cm³/mol. The molecule has 0 amide bonds. The lowest BCUT2D eigenvalue weighted by Crippen LogP contribution is -2.47. The van der Waals surface area contributed by atoms with Crippen LogP contribution in [0.15, 0.2) is 18.3 Å². The van der Waals surface area contributed by atoms with Gasteiger partial charge >= 0.3 is 0 Å². The van der Waals surface area contributed by atoms with Crippen molar-refractivity contribution in [2.45, 2.75) is 25.4 Å². The molecule has 0 bridgehead atoms. The second-order valence-corrected chi connectivity index (χ2v) is 4.80. The van der Waals surface area contributed by atoms with E-state index in [0.717, 1.165) is 24.3 Å². The standard InChI is InChI=1S/C14H23N3O2/c1-3-13(15-2)14-5-4-11(8-16-14)17-6-7-19-10-12(17)9-18/h4-5,8,12-13,15,18H,3,6-7,9-10H2,1-2H3. The first kappa shape index (κ1) is 14.2. The summed E-state index contributed by atoms with van der Waals surface area (Å²) in [6, 6.07) is 4.47. The molecule has 2 heterocycles. The van der Waals surface area contributed by atoms with Crippen LogP contribution in [-0.2, 0) is 4.74 Å². The van der Waals surface area contributed by atoms with Crippen LogP contribution in [0.3, 0.4) is 0 Å². The Morgan fingerprint density at radius 3 is 3.00 bits per heavy atom. The summed E-state index contributed by atoms with van der Waals surface area (Å²) >= 11 is 0. The van der Waals surface area contributed by atoms with Crippen molar-refractivity contribution >= 4 is 5.69 Å². The number of ether oxygens (including phenoxy) is 1. The highest BCUT2D eigenvalue weighted by Gasteiger charge is 2.22. The Morgan fingerprint density at radius 2 is 2.42 bits per heavy atom. The Labute approximate surface area is 114 Å². The van der Waals surface area contributed by atoms with Gasteiger partial charge in [0, 0.05) is 12.6 Å². The molecule has 1 fully saturated rings. The molecule has 0 radical (unpaired) electrons. The molecule has 0 spiro atoms. The maximum atomic E-state index is 9.39. The molecule has 106 valence electrons. The number of morpholine rings is 1. The largest absolute Gasteiger partial charge is 0.394 e. The van der Waals surface area contributed by atoms with Gasteiger partial charge in [0.2, 0.25) is 0 Å². The van der Waals surface area contributed by atoms with Crippen LogP contribution in [0.25, 0.3) is 0 Å². The van der Waals surface area contributed by atoms with Crippen LogP contribution >= 0.6 is 0 Å². The van der Waals surface area contributed by atoms with Crippen LogP contribution in [0.5, 0.6) is 0 Å². The summed E-state index contributed by atoms with van der Waals surface area (Å²) in [6.45, 7) is 4.32. The van der Waals surface area contributed by atoms with Gasteiger partial charge in [-0.2, -0.15) is 0 Å². The third-order valence-electron chi connectivity index (χ3n) is 3.65. The Kier molecular flexibility index (Phi) is 5.13. The number of pyridine rings is 1. The van der Waals surface area contributed by atoms with Crippen LogP contribution in [0.2, 0.25) is 0 Å². The van der Waals surface area contributed by atoms with E-state index in [1.165, 1.54) is 0 Å². The van der Waals surface area contributed by atoms with Crippen LogP contribution in [0.4, 0.5) is 5.69 Å². The van der Waals surface area contributed by atoms with Crippen molar-refractivity contribution in [3.63, 3.8) is 0 Å². The first-order chi connectivity index (χ1) is 9.30. The van der Waals surface area contributed by atoms with Gasteiger partial charge in [-0.25, -0.2) is 0 Å². The molecule has 2 atom stereocenters. The SMILES string of the molecule is CCC(NC)c1ccc(N2CCOCC2CO)cn1. The fourth-order valence-electron chi connectivity index (χ4n) is 2.48. The topological polar surface area (TPSA) is 57.6 Å². The summed E-state index contributed by atoms with van der Waals surface area (Å²) in [5.74, 6) is 0. The first-order valence-electron chi connectivity index (χ1n) is 6.88. The molecule has 0 saturated carbocycles. The van der Waals surface area contributed by atoms with Crippen molar-refractivity contribution in [3.8, 4) is 0 Å². The van der Waals surface area contributed by atoms with Crippen LogP contribution in [0.1, 0.15) is 25.1 Å². The fourth-order valence-corrected chi connectivity index (χ4v) is 2.48. The van der Waals surface area contributed by atoms with Crippen LogP contribution in [0, 0.1) is 0 Å². The number of hydrogen-bond acceptors (Lipinski definition) is 5. The molecule has 1 aliphatic heterocycles. The van der Waals surface area contributed by atoms with Gasteiger partial charge in [-0.1, -0.05) is 6.92 Å². The number of aliphatic hydroxyl groups is 1. The average molecular weight is 265 g/mol. The number of aliphatic hydroxyl groups excluding tert-OH is 1. The predicted octanol–water partition coefficient (Wildman–Crippen LogP) is 0.950. The van der Waals surface area contributed by atoms with Gasteiger partial charge in [-0.15, -0.1) is 0 Å². The van der Waals surface area contributed by atoms with E-state index in [1.54, 1.807) is 0 Å². The van der Waals surface area contributed by atoms with Crippen molar-refractivity contribution in [2.24, 2.45) is 0 Å². The maximum absolute atomic E-state index is 9.39. The third kappa shape index (κ3) is 3.23. The molecular weight excluding hydrogens is 242 g/mol. The van der Waals surface area contributed by atoms with Crippen molar-refractivity contribution in [3.05, 3.63) is 24.0 Å². The first-order valence-corrected chi connectivity index (χ1v) is 6.88. The fraction of sp³-hybridized carbons (Fsp3) is 0.643. The number of rotatable bonds is 5. The average Bonchev–Trinajstić information content (AvgIpc) is 2.49. The van der Waals surface area contributed by atoms with E-state index in [0.29, 0.717) is 19.3 Å². The van der Waals surface area contributed by atoms with E-state index in [4.69, 9.17) is 4.74 Å². The third-order valence-corrected chi connectivity index (χ3v) is 3.65. The molecule has 2 unspecified atom stereocenters. The zero-order valence-corrected chi connectivity index (χ0v) is 11.7. The summed E-state index contributed by atoms with van der Waals surface area (Å²) in [5, 5.41) is 12.6. The lowest BCUT2D eigenvalue weighted by molar-refractivity contribution is 0.0727. The molecule has 2 N–H and O–H groups in total. The highest BCUT2D eigenvalue weighted by atomic mass is 16.5. The summed E-state index contributed by atoms with van der Waals surface area (Å²) in [5.41, 5.74) is 2.11. The van der Waals surface area contributed by atoms with Gasteiger partial charge < -0.3 is 20.1 Å². The van der Waals surface area contributed by atoms with E-state index in [9.17, 15) is 5.11 Å². The second kappa shape index (κ2) is 6.84. The van der Waals surface area contributed by atoms with Crippen LogP contribution in [-0.4, -0.2) is 49.5 Å². The van der Waals surface area contributed by atoms with Gasteiger partial charge in [0.1, 0.15) is 0 Å². The number of nitrogens with one attached hydrogen (secondary N) is 1. The minimum Gasteiger partial charge on any atom is -0.394 e. The van der Waals surface area contributed by atoms with Gasteiger partial charge in [-0.05, 0) is 25.6 Å². The lowest BCUT2D eigenvalue weighted by Gasteiger charge is -2.36. The molecule has 1 aromatic heterocycles.